The zero-order valence-electron chi connectivity index (χ0n) is 36.3. The fourth-order valence-corrected chi connectivity index (χ4v) is 12.2. The van der Waals surface area contributed by atoms with Crippen LogP contribution in [0.3, 0.4) is 0 Å². The number of rotatable bonds is 13. The number of allylic oxidation sites excluding steroid dienone is 1. The number of aliphatic hydroxyl groups excluding tert-OH is 2. The van der Waals surface area contributed by atoms with Crippen LogP contribution in [0.15, 0.2) is 63.0 Å². The standard InChI is InChI=1S/C47H62N4O8S2/c1-7-28(4)44(55)59-46(5)13-12-30-25-60-61-26-38-35(21-49-6)23-51(38)42(54)17-34-22-50-41(48)18-37(34)43(30)47(46)20-33-16-31-15-32(45(56)57-39(31)19-40(33)58-47)14-29(24-52)9-11-36(53)10-8-27(2)3/h7,12,15-16,18-19,22,27,29,35-36,38,43,49,52-53H,8-11,13-14,17,20-21,23-26H2,1-6H3,(H2,48,50). The van der Waals surface area contributed by atoms with E-state index in [4.69, 9.17) is 19.6 Å². The summed E-state index contributed by atoms with van der Waals surface area (Å²) >= 11 is 0. The topological polar surface area (TPSA) is 177 Å². The first-order valence-electron chi connectivity index (χ1n) is 21.7. The Kier molecular flexibility index (Phi) is 14.0. The quantitative estimate of drug-likeness (QED) is 0.0479. The van der Waals surface area contributed by atoms with E-state index in [0.29, 0.717) is 96.3 Å². The van der Waals surface area contributed by atoms with Crippen molar-refractivity contribution in [1.82, 2.24) is 15.2 Å². The summed E-state index contributed by atoms with van der Waals surface area (Å²) in [6, 6.07) is 7.57. The summed E-state index contributed by atoms with van der Waals surface area (Å²) in [6.45, 7) is 11.1. The molecule has 0 bridgehead atoms. The van der Waals surface area contributed by atoms with Gasteiger partial charge in [-0.2, -0.15) is 0 Å². The molecule has 61 heavy (non-hydrogen) atoms. The summed E-state index contributed by atoms with van der Waals surface area (Å²) in [7, 11) is 5.47. The third-order valence-corrected chi connectivity index (χ3v) is 15.8. The lowest BCUT2D eigenvalue weighted by atomic mass is 9.61. The average Bonchev–Trinajstić information content (AvgIpc) is 3.59. The van der Waals surface area contributed by atoms with Gasteiger partial charge in [0.15, 0.2) is 11.2 Å². The van der Waals surface area contributed by atoms with Crippen LogP contribution in [0.1, 0.15) is 94.9 Å². The molecule has 4 aliphatic rings. The third kappa shape index (κ3) is 9.30. The smallest absolute Gasteiger partial charge is 0.339 e. The number of nitrogens with two attached hydrogens (primary N) is 1. The molecule has 5 N–H and O–H groups in total. The van der Waals surface area contributed by atoms with Gasteiger partial charge < -0.3 is 40.1 Å². The highest BCUT2D eigenvalue weighted by molar-refractivity contribution is 8.76. The van der Waals surface area contributed by atoms with Crippen LogP contribution in [0.25, 0.3) is 11.0 Å². The minimum Gasteiger partial charge on any atom is -0.481 e. The van der Waals surface area contributed by atoms with Crippen molar-refractivity contribution in [3.05, 3.63) is 86.4 Å². The van der Waals surface area contributed by atoms with E-state index in [-0.39, 0.29) is 30.9 Å². The molecule has 5 heterocycles. The molecule has 0 saturated carbocycles. The summed E-state index contributed by atoms with van der Waals surface area (Å²) in [5.41, 5.74) is 8.38. The second-order valence-corrected chi connectivity index (χ2v) is 20.7. The maximum Gasteiger partial charge on any atom is 0.339 e. The summed E-state index contributed by atoms with van der Waals surface area (Å²) in [4.78, 5) is 48.0. The number of benzene rings is 1. The van der Waals surface area contributed by atoms with Crippen molar-refractivity contribution in [3.63, 3.8) is 0 Å². The predicted molar refractivity (Wildman–Crippen MR) is 243 cm³/mol. The molecule has 12 nitrogen and oxygen atoms in total. The number of fused-ring (bicyclic) bond motifs is 7. The maximum absolute atomic E-state index is 14.2. The number of aromatic nitrogens is 1. The van der Waals surface area contributed by atoms with Gasteiger partial charge in [0, 0.05) is 84.8 Å². The molecule has 330 valence electrons. The number of ether oxygens (including phenoxy) is 2. The Morgan fingerprint density at radius 3 is 2.67 bits per heavy atom. The van der Waals surface area contributed by atoms with E-state index < -0.39 is 34.8 Å². The van der Waals surface area contributed by atoms with Gasteiger partial charge in [0.25, 0.3) is 0 Å². The van der Waals surface area contributed by atoms with E-state index in [1.165, 1.54) is 0 Å². The summed E-state index contributed by atoms with van der Waals surface area (Å²) in [5.74, 6) is 2.03. The molecule has 1 aromatic carbocycles. The van der Waals surface area contributed by atoms with Gasteiger partial charge in [0.05, 0.1) is 18.4 Å². The van der Waals surface area contributed by atoms with Gasteiger partial charge >= 0.3 is 11.6 Å². The van der Waals surface area contributed by atoms with Crippen LogP contribution in [-0.2, 0) is 33.6 Å². The Labute approximate surface area is 366 Å². The molecule has 7 unspecified atom stereocenters. The van der Waals surface area contributed by atoms with Crippen LogP contribution in [-0.4, -0.2) is 93.6 Å². The fourth-order valence-electron chi connectivity index (χ4n) is 9.62. The van der Waals surface area contributed by atoms with Gasteiger partial charge in [-0.1, -0.05) is 53.2 Å². The van der Waals surface area contributed by atoms with Gasteiger partial charge in [-0.25, -0.2) is 14.6 Å². The Morgan fingerprint density at radius 2 is 1.93 bits per heavy atom. The number of hydrogen-bond acceptors (Lipinski definition) is 13. The second kappa shape index (κ2) is 18.9. The summed E-state index contributed by atoms with van der Waals surface area (Å²) in [6.07, 6.45) is 9.08. The van der Waals surface area contributed by atoms with Crippen LogP contribution >= 0.6 is 21.6 Å². The van der Waals surface area contributed by atoms with Crippen molar-refractivity contribution in [3.8, 4) is 5.75 Å². The van der Waals surface area contributed by atoms with Gasteiger partial charge in [0.1, 0.15) is 17.2 Å². The molecule has 1 fully saturated rings. The number of carbonyl (C=O) groups is 2. The van der Waals surface area contributed by atoms with Gasteiger partial charge in [-0.15, -0.1) is 0 Å². The van der Waals surface area contributed by atoms with Crippen molar-refractivity contribution in [2.45, 2.75) is 115 Å². The van der Waals surface area contributed by atoms with E-state index >= 15 is 0 Å². The summed E-state index contributed by atoms with van der Waals surface area (Å²) in [5, 5.41) is 24.9. The van der Waals surface area contributed by atoms with Gasteiger partial charge in [0.2, 0.25) is 5.91 Å². The lowest BCUT2D eigenvalue weighted by molar-refractivity contribution is -0.183. The van der Waals surface area contributed by atoms with Crippen molar-refractivity contribution < 1.29 is 33.7 Å². The number of aliphatic hydroxyl groups is 2. The average molecular weight is 875 g/mol. The molecular formula is C47H62N4O8S2. The lowest BCUT2D eigenvalue weighted by Crippen LogP contribution is -2.64. The van der Waals surface area contributed by atoms with Crippen molar-refractivity contribution in [2.75, 3.05) is 44.0 Å². The first-order valence-corrected chi connectivity index (χ1v) is 24.2. The number of hydrogen-bond donors (Lipinski definition) is 4. The van der Waals surface area contributed by atoms with Crippen LogP contribution in [0.2, 0.25) is 0 Å². The number of amides is 1. The van der Waals surface area contributed by atoms with E-state index in [2.05, 4.69) is 30.2 Å². The Balaban J connectivity index is 1.28. The number of anilines is 1. The second-order valence-electron chi connectivity index (χ2n) is 18.2. The number of nitrogens with one attached hydrogen (secondary N) is 1. The fraction of sp³-hybridized carbons (Fsp3) is 0.574. The third-order valence-electron chi connectivity index (χ3n) is 13.5. The monoisotopic (exact) mass is 874 g/mol. The lowest BCUT2D eigenvalue weighted by Gasteiger charge is -2.52. The van der Waals surface area contributed by atoms with E-state index in [1.54, 1.807) is 53.8 Å². The molecule has 7 rings (SSSR count). The SMILES string of the molecule is CC=C(C)C(=O)OC1(C)CC=C2CSSCC3C(CNC)CN3C(=O)Cc3cnc(N)cc3C2C12Cc1cc3cc(CC(CO)CCC(O)CCC(C)C)c(=O)oc3cc1O2. The number of nitrogen functional groups attached to an aromatic ring is 1. The van der Waals surface area contributed by atoms with Crippen molar-refractivity contribution in [1.29, 1.82) is 0 Å². The molecule has 14 heteroatoms. The number of carbonyl (C=O) groups excluding carboxylic acids is 2. The number of nitrogens with zero attached hydrogens (tertiary/aromatic N) is 2. The number of esters is 1. The van der Waals surface area contributed by atoms with Gasteiger partial charge in [-0.3, -0.25) is 4.79 Å². The molecule has 3 aromatic rings. The predicted octanol–water partition coefficient (Wildman–Crippen LogP) is 6.54. The normalized spacial score (nSPS) is 26.2. The minimum absolute atomic E-state index is 0.0306. The van der Waals surface area contributed by atoms with Gasteiger partial charge in [-0.05, 0) is 107 Å². The molecule has 2 aromatic heterocycles. The van der Waals surface area contributed by atoms with E-state index in [0.717, 1.165) is 41.0 Å². The minimum atomic E-state index is -1.21. The van der Waals surface area contributed by atoms with Crippen LogP contribution in [0, 0.1) is 17.8 Å². The highest BCUT2D eigenvalue weighted by atomic mass is 33.1. The molecule has 1 amide bonds. The Bertz CT molecular complexity index is 2240. The van der Waals surface area contributed by atoms with Crippen LogP contribution in [0.4, 0.5) is 5.82 Å². The molecule has 1 saturated heterocycles. The highest BCUT2D eigenvalue weighted by Crippen LogP contribution is 2.58. The zero-order chi connectivity index (χ0) is 43.6. The summed E-state index contributed by atoms with van der Waals surface area (Å²) < 4.78 is 19.9. The Hall–Kier alpha value is -3.82. The highest BCUT2D eigenvalue weighted by Gasteiger charge is 2.64. The first kappa shape index (κ1) is 45.2. The van der Waals surface area contributed by atoms with E-state index in [1.807, 2.05) is 37.1 Å². The largest absolute Gasteiger partial charge is 0.481 e. The maximum atomic E-state index is 14.2. The number of pyridine rings is 1. The van der Waals surface area contributed by atoms with Crippen molar-refractivity contribution >= 4 is 50.3 Å². The molecule has 3 aliphatic heterocycles. The molecular weight excluding hydrogens is 813 g/mol. The first-order chi connectivity index (χ1) is 29.2. The molecule has 1 spiro atoms. The van der Waals surface area contributed by atoms with Crippen molar-refractivity contribution in [2.24, 2.45) is 17.8 Å². The Morgan fingerprint density at radius 1 is 1.15 bits per heavy atom. The zero-order valence-corrected chi connectivity index (χ0v) is 38.0. The van der Waals surface area contributed by atoms with Crippen LogP contribution < -0.4 is 21.4 Å². The van der Waals surface area contributed by atoms with E-state index in [9.17, 15) is 24.6 Å². The van der Waals surface area contributed by atoms with Crippen LogP contribution in [0.5, 0.6) is 5.75 Å². The molecule has 7 atom stereocenters. The molecule has 1 aliphatic carbocycles. The molecule has 0 radical (unpaired) electrons.